The summed E-state index contributed by atoms with van der Waals surface area (Å²) in [5, 5.41) is 9.13. The molecule has 4 rings (SSSR count). The van der Waals surface area contributed by atoms with E-state index in [0.29, 0.717) is 38.5 Å². The maximum Gasteiger partial charge on any atom is 0.420 e. The summed E-state index contributed by atoms with van der Waals surface area (Å²) in [6, 6.07) is 3.37. The van der Waals surface area contributed by atoms with Crippen LogP contribution in [-0.2, 0) is 12.4 Å². The first-order valence-corrected chi connectivity index (χ1v) is 12.7. The van der Waals surface area contributed by atoms with Crippen LogP contribution in [0.25, 0.3) is 0 Å². The minimum absolute atomic E-state index is 0.0317. The standard InChI is InChI=1S/C26H27F7N4O4/c1-34(18-4-2-17(27)3-5-18)24(40)41-22-20(26(31,32)33)14-16(25(28,29)30)15-21(22)37-11-10-36(23(37)39)19-6-8-35(9-7-19)12-13-38/h2-5,14-15,19,38H,6-13H2,1H3. The number of rotatable bonds is 6. The van der Waals surface area contributed by atoms with Gasteiger partial charge in [-0.15, -0.1) is 0 Å². The van der Waals surface area contributed by atoms with Crippen LogP contribution in [0, 0.1) is 5.82 Å². The zero-order chi connectivity index (χ0) is 30.1. The highest BCUT2D eigenvalue weighted by atomic mass is 19.4. The summed E-state index contributed by atoms with van der Waals surface area (Å²) in [5.41, 5.74) is -4.37. The van der Waals surface area contributed by atoms with Gasteiger partial charge in [-0.25, -0.2) is 14.0 Å². The van der Waals surface area contributed by atoms with Crippen molar-refractivity contribution in [2.45, 2.75) is 31.2 Å². The number of anilines is 2. The van der Waals surface area contributed by atoms with Crippen molar-refractivity contribution >= 4 is 23.5 Å². The molecule has 2 aromatic rings. The van der Waals surface area contributed by atoms with E-state index in [1.807, 2.05) is 4.90 Å². The molecule has 2 fully saturated rings. The Labute approximate surface area is 230 Å². The van der Waals surface area contributed by atoms with Crippen molar-refractivity contribution in [3.05, 3.63) is 53.3 Å². The molecule has 1 N–H and O–H groups in total. The van der Waals surface area contributed by atoms with Gasteiger partial charge in [-0.1, -0.05) is 0 Å². The molecule has 0 aliphatic carbocycles. The number of amides is 3. The van der Waals surface area contributed by atoms with E-state index in [-0.39, 0.29) is 37.5 Å². The molecular formula is C26H27F7N4O4. The highest BCUT2D eigenvalue weighted by Gasteiger charge is 2.45. The number of hydrogen-bond donors (Lipinski definition) is 1. The first-order valence-electron chi connectivity index (χ1n) is 12.7. The van der Waals surface area contributed by atoms with Crippen molar-refractivity contribution < 1.29 is 50.2 Å². The topological polar surface area (TPSA) is 76.6 Å². The van der Waals surface area contributed by atoms with Crippen LogP contribution in [0.4, 0.5) is 51.7 Å². The minimum Gasteiger partial charge on any atom is -0.407 e. The molecule has 2 aromatic carbocycles. The van der Waals surface area contributed by atoms with E-state index in [9.17, 15) is 40.3 Å². The lowest BCUT2D eigenvalue weighted by molar-refractivity contribution is -0.143. The fourth-order valence-electron chi connectivity index (χ4n) is 4.93. The summed E-state index contributed by atoms with van der Waals surface area (Å²) in [7, 11) is 1.12. The molecule has 3 amide bonds. The van der Waals surface area contributed by atoms with Gasteiger partial charge in [0.15, 0.2) is 5.75 Å². The van der Waals surface area contributed by atoms with Crippen molar-refractivity contribution in [1.29, 1.82) is 0 Å². The molecule has 0 atom stereocenters. The van der Waals surface area contributed by atoms with Crippen LogP contribution in [0.1, 0.15) is 24.0 Å². The van der Waals surface area contributed by atoms with Crippen molar-refractivity contribution in [3.8, 4) is 5.75 Å². The normalized spacial score (nSPS) is 17.3. The summed E-state index contributed by atoms with van der Waals surface area (Å²) in [5.74, 6) is -1.89. The summed E-state index contributed by atoms with van der Waals surface area (Å²) in [6.07, 6.45) is -11.0. The third-order valence-electron chi connectivity index (χ3n) is 7.13. The second-order valence-corrected chi connectivity index (χ2v) is 9.70. The van der Waals surface area contributed by atoms with Crippen molar-refractivity contribution in [2.75, 3.05) is 56.2 Å². The smallest absolute Gasteiger partial charge is 0.407 e. The first kappa shape index (κ1) is 30.4. The molecule has 41 heavy (non-hydrogen) atoms. The second-order valence-electron chi connectivity index (χ2n) is 9.70. The summed E-state index contributed by atoms with van der Waals surface area (Å²) in [4.78, 5) is 31.2. The third kappa shape index (κ3) is 6.67. The van der Waals surface area contributed by atoms with Crippen LogP contribution in [-0.4, -0.2) is 79.5 Å². The molecule has 0 radical (unpaired) electrons. The lowest BCUT2D eigenvalue weighted by Crippen LogP contribution is -2.47. The van der Waals surface area contributed by atoms with Crippen LogP contribution in [0.15, 0.2) is 36.4 Å². The van der Waals surface area contributed by atoms with Gasteiger partial charge >= 0.3 is 24.5 Å². The zero-order valence-electron chi connectivity index (χ0n) is 21.8. The fraction of sp³-hybridized carbons (Fsp3) is 0.462. The average Bonchev–Trinajstić information content (AvgIpc) is 3.29. The predicted molar refractivity (Wildman–Crippen MR) is 133 cm³/mol. The van der Waals surface area contributed by atoms with Crippen molar-refractivity contribution in [2.24, 2.45) is 0 Å². The van der Waals surface area contributed by atoms with E-state index in [2.05, 4.69) is 0 Å². The van der Waals surface area contributed by atoms with Gasteiger partial charge in [0, 0.05) is 51.5 Å². The fourth-order valence-corrected chi connectivity index (χ4v) is 4.93. The maximum absolute atomic E-state index is 14.1. The number of ether oxygens (including phenoxy) is 1. The van der Waals surface area contributed by atoms with E-state index >= 15 is 0 Å². The molecule has 15 heteroatoms. The van der Waals surface area contributed by atoms with Gasteiger partial charge < -0.3 is 19.6 Å². The number of aliphatic hydroxyl groups excluding tert-OH is 1. The second kappa shape index (κ2) is 11.7. The SMILES string of the molecule is CN(C(=O)Oc1c(N2CCN(C3CCN(CCO)CC3)C2=O)cc(C(F)(F)F)cc1C(F)(F)F)c1ccc(F)cc1. The molecule has 0 bridgehead atoms. The molecule has 2 aliphatic heterocycles. The number of β-amino-alcohol motifs (C(OH)–C–C–N with tert-alkyl or cyclic N) is 1. The summed E-state index contributed by atoms with van der Waals surface area (Å²) < 4.78 is 102. The molecular weight excluding hydrogens is 565 g/mol. The van der Waals surface area contributed by atoms with Gasteiger partial charge in [-0.3, -0.25) is 9.80 Å². The van der Waals surface area contributed by atoms with E-state index in [0.717, 1.165) is 41.1 Å². The van der Waals surface area contributed by atoms with Gasteiger partial charge in [0.25, 0.3) is 0 Å². The van der Waals surface area contributed by atoms with E-state index in [1.54, 1.807) is 0 Å². The zero-order valence-corrected chi connectivity index (χ0v) is 21.8. The van der Waals surface area contributed by atoms with Crippen LogP contribution < -0.4 is 14.5 Å². The van der Waals surface area contributed by atoms with E-state index < -0.39 is 52.9 Å². The lowest BCUT2D eigenvalue weighted by Gasteiger charge is -2.36. The first-order chi connectivity index (χ1) is 19.2. The molecule has 0 spiro atoms. The third-order valence-corrected chi connectivity index (χ3v) is 7.13. The Morgan fingerprint density at radius 2 is 1.63 bits per heavy atom. The Morgan fingerprint density at radius 1 is 1.00 bits per heavy atom. The number of piperidine rings is 1. The summed E-state index contributed by atoms with van der Waals surface area (Å²) >= 11 is 0. The maximum atomic E-state index is 14.1. The number of carbonyl (C=O) groups excluding carboxylic acids is 2. The molecule has 224 valence electrons. The van der Waals surface area contributed by atoms with Crippen LogP contribution in [0.5, 0.6) is 5.75 Å². The van der Waals surface area contributed by atoms with E-state index in [1.165, 1.54) is 4.90 Å². The van der Waals surface area contributed by atoms with Crippen LogP contribution >= 0.6 is 0 Å². The highest BCUT2D eigenvalue weighted by Crippen LogP contribution is 2.47. The van der Waals surface area contributed by atoms with Gasteiger partial charge in [0.05, 0.1) is 17.9 Å². The molecule has 0 saturated carbocycles. The van der Waals surface area contributed by atoms with Gasteiger partial charge in [0.2, 0.25) is 0 Å². The lowest BCUT2D eigenvalue weighted by atomic mass is 10.0. The Hall–Kier alpha value is -3.59. The molecule has 2 saturated heterocycles. The number of benzene rings is 2. The Bertz CT molecular complexity index is 1260. The van der Waals surface area contributed by atoms with Crippen molar-refractivity contribution in [3.63, 3.8) is 0 Å². The number of nitrogens with zero attached hydrogens (tertiary/aromatic N) is 4. The Balaban J connectivity index is 1.71. The summed E-state index contributed by atoms with van der Waals surface area (Å²) in [6.45, 7) is 1.29. The predicted octanol–water partition coefficient (Wildman–Crippen LogP) is 5.20. The monoisotopic (exact) mass is 592 g/mol. The number of hydrogen-bond acceptors (Lipinski definition) is 5. The molecule has 2 heterocycles. The average molecular weight is 593 g/mol. The van der Waals surface area contributed by atoms with Gasteiger partial charge in [-0.05, 0) is 49.2 Å². The van der Waals surface area contributed by atoms with Crippen LogP contribution in [0.3, 0.4) is 0 Å². The number of urea groups is 1. The number of carbonyl (C=O) groups is 2. The van der Waals surface area contributed by atoms with Gasteiger partial charge in [0.1, 0.15) is 11.4 Å². The minimum atomic E-state index is -5.39. The largest absolute Gasteiger partial charge is 0.420 e. The quantitative estimate of drug-likeness (QED) is 0.467. The number of likely N-dealkylation sites (tertiary alicyclic amines) is 1. The Morgan fingerprint density at radius 3 is 2.20 bits per heavy atom. The van der Waals surface area contributed by atoms with Gasteiger partial charge in [-0.2, -0.15) is 26.3 Å². The van der Waals surface area contributed by atoms with E-state index in [4.69, 9.17) is 9.84 Å². The molecule has 2 aliphatic rings. The number of alkyl halides is 6. The number of halogens is 7. The van der Waals surface area contributed by atoms with Crippen LogP contribution in [0.2, 0.25) is 0 Å². The highest BCUT2D eigenvalue weighted by molar-refractivity contribution is 5.98. The Kier molecular flexibility index (Phi) is 8.68. The molecule has 0 unspecified atom stereocenters. The number of aliphatic hydroxyl groups is 1. The molecule has 0 aromatic heterocycles. The van der Waals surface area contributed by atoms with Crippen molar-refractivity contribution in [1.82, 2.24) is 9.80 Å². The molecule has 8 nitrogen and oxygen atoms in total.